The molecule has 4 aromatic rings. The van der Waals surface area contributed by atoms with Crippen LogP contribution in [0.25, 0.3) is 20.9 Å². The zero-order valence-corrected chi connectivity index (χ0v) is 17.0. The van der Waals surface area contributed by atoms with Crippen molar-refractivity contribution >= 4 is 33.0 Å². The maximum Gasteiger partial charge on any atom is 0.291 e. The first-order chi connectivity index (χ1) is 13.7. The number of hydrogen-bond acceptors (Lipinski definition) is 8. The molecule has 28 heavy (non-hydrogen) atoms. The number of hydrogen-bond donors (Lipinski definition) is 1. The smallest absolute Gasteiger partial charge is 0.291 e. The lowest BCUT2D eigenvalue weighted by atomic mass is 10.0. The number of aromatic nitrogens is 4. The van der Waals surface area contributed by atoms with E-state index in [0.29, 0.717) is 6.04 Å². The third-order valence-corrected chi connectivity index (χ3v) is 6.97. The second-order valence-corrected chi connectivity index (χ2v) is 8.82. The zero-order valence-electron chi connectivity index (χ0n) is 15.4. The largest absolute Gasteiger partial charge is 0.485 e. The maximum atomic E-state index is 9.48. The fourth-order valence-corrected chi connectivity index (χ4v) is 5.00. The Morgan fingerprint density at radius 3 is 2.75 bits per heavy atom. The summed E-state index contributed by atoms with van der Waals surface area (Å²) in [4.78, 5) is 12.5. The summed E-state index contributed by atoms with van der Waals surface area (Å²) in [5.41, 5.74) is 7.82. The number of nitrogens with zero attached hydrogens (tertiary/aromatic N) is 5. The van der Waals surface area contributed by atoms with Crippen molar-refractivity contribution in [1.29, 1.82) is 0 Å². The van der Waals surface area contributed by atoms with Crippen molar-refractivity contribution in [3.63, 3.8) is 0 Å². The average molecular weight is 410 g/mol. The molecule has 8 heteroatoms. The standard InChI is InChI=1S/C20H19N5OS2/c1-12(16-9-17-19(21-10-16)27-11-22-17)25-6-4-13-2-3-15(8-14(13)5-7-25)18-23-24-20(26)28-18/h2-3,8-12H,4-7H2,1H3,(H,24,26). The molecule has 1 atom stereocenters. The Bertz CT molecular complexity index is 1140. The van der Waals surface area contributed by atoms with E-state index < -0.39 is 0 Å². The van der Waals surface area contributed by atoms with Crippen LogP contribution in [0.3, 0.4) is 0 Å². The highest BCUT2D eigenvalue weighted by Gasteiger charge is 2.21. The second-order valence-electron chi connectivity index (χ2n) is 7.03. The fourth-order valence-electron chi connectivity index (χ4n) is 3.81. The van der Waals surface area contributed by atoms with Crippen LogP contribution in [0.4, 0.5) is 0 Å². The van der Waals surface area contributed by atoms with Crippen molar-refractivity contribution in [3.8, 4) is 15.8 Å². The number of benzene rings is 1. The normalized spacial score (nSPS) is 16.0. The van der Waals surface area contributed by atoms with Gasteiger partial charge in [-0.2, -0.15) is 0 Å². The number of pyridine rings is 1. The van der Waals surface area contributed by atoms with Crippen LogP contribution in [0.1, 0.15) is 29.7 Å². The SMILES string of the molecule is CC(c1cnc2scnc2c1)N1CCc2ccc(-c3nnc(O)s3)cc2CC1. The minimum absolute atomic E-state index is 0.00985. The predicted octanol–water partition coefficient (Wildman–Crippen LogP) is 4.08. The third-order valence-electron chi connectivity index (χ3n) is 5.44. The first-order valence-electron chi connectivity index (χ1n) is 9.25. The second kappa shape index (κ2) is 7.20. The van der Waals surface area contributed by atoms with Crippen LogP contribution in [-0.4, -0.2) is 43.3 Å². The van der Waals surface area contributed by atoms with E-state index in [1.165, 1.54) is 28.0 Å². The molecule has 5 rings (SSSR count). The summed E-state index contributed by atoms with van der Waals surface area (Å²) in [6, 6.07) is 8.94. The number of aromatic hydroxyl groups is 1. The van der Waals surface area contributed by atoms with E-state index in [1.54, 1.807) is 11.3 Å². The Kier molecular flexibility index (Phi) is 4.54. The fraction of sp³-hybridized carbons (Fsp3) is 0.300. The molecule has 1 unspecified atom stereocenters. The van der Waals surface area contributed by atoms with E-state index in [2.05, 4.69) is 56.3 Å². The van der Waals surface area contributed by atoms with Gasteiger partial charge >= 0.3 is 0 Å². The van der Waals surface area contributed by atoms with Gasteiger partial charge in [-0.05, 0) is 48.6 Å². The van der Waals surface area contributed by atoms with Gasteiger partial charge in [0.1, 0.15) is 10.3 Å². The minimum atomic E-state index is 0.00985. The van der Waals surface area contributed by atoms with Gasteiger partial charge in [-0.3, -0.25) is 4.90 Å². The molecule has 0 saturated carbocycles. The van der Waals surface area contributed by atoms with Crippen molar-refractivity contribution in [3.05, 3.63) is 52.7 Å². The topological polar surface area (TPSA) is 75.0 Å². The minimum Gasteiger partial charge on any atom is -0.485 e. The molecule has 4 heterocycles. The molecule has 142 valence electrons. The average Bonchev–Trinajstić information content (AvgIpc) is 3.30. The van der Waals surface area contributed by atoms with Gasteiger partial charge in [-0.1, -0.05) is 28.6 Å². The van der Waals surface area contributed by atoms with Crippen LogP contribution in [0.2, 0.25) is 0 Å². The van der Waals surface area contributed by atoms with Crippen LogP contribution in [0.15, 0.2) is 36.0 Å². The van der Waals surface area contributed by atoms with Crippen LogP contribution in [0, 0.1) is 0 Å². The molecular weight excluding hydrogens is 390 g/mol. The predicted molar refractivity (Wildman–Crippen MR) is 112 cm³/mol. The van der Waals surface area contributed by atoms with Gasteiger partial charge in [0, 0.05) is 30.9 Å². The molecule has 6 nitrogen and oxygen atoms in total. The lowest BCUT2D eigenvalue weighted by Crippen LogP contribution is -2.29. The monoisotopic (exact) mass is 409 g/mol. The Morgan fingerprint density at radius 2 is 1.93 bits per heavy atom. The first kappa shape index (κ1) is 17.7. The van der Waals surface area contributed by atoms with E-state index in [4.69, 9.17) is 0 Å². The summed E-state index contributed by atoms with van der Waals surface area (Å²) >= 11 is 2.79. The summed E-state index contributed by atoms with van der Waals surface area (Å²) in [5.74, 6) is 0. The van der Waals surface area contributed by atoms with Gasteiger partial charge in [0.2, 0.25) is 0 Å². The van der Waals surface area contributed by atoms with Crippen LogP contribution in [-0.2, 0) is 12.8 Å². The lowest BCUT2D eigenvalue weighted by molar-refractivity contribution is 0.221. The van der Waals surface area contributed by atoms with Gasteiger partial charge in [0.15, 0.2) is 5.01 Å². The summed E-state index contributed by atoms with van der Waals surface area (Å²) in [6.45, 7) is 4.26. The van der Waals surface area contributed by atoms with Gasteiger partial charge < -0.3 is 5.11 Å². The van der Waals surface area contributed by atoms with Crippen LogP contribution in [0.5, 0.6) is 5.19 Å². The molecule has 1 aliphatic heterocycles. The molecule has 1 aliphatic rings. The molecule has 3 aromatic heterocycles. The number of fused-ring (bicyclic) bond motifs is 2. The van der Waals surface area contributed by atoms with Crippen molar-refractivity contribution in [2.45, 2.75) is 25.8 Å². The Labute approximate surface area is 170 Å². The number of thiazole rings is 1. The van der Waals surface area contributed by atoms with E-state index in [9.17, 15) is 5.11 Å². The van der Waals surface area contributed by atoms with E-state index in [0.717, 1.165) is 46.8 Å². The van der Waals surface area contributed by atoms with Gasteiger partial charge in [0.25, 0.3) is 5.19 Å². The van der Waals surface area contributed by atoms with Crippen molar-refractivity contribution in [2.24, 2.45) is 0 Å². The Hall–Kier alpha value is -2.42. The molecule has 0 radical (unpaired) electrons. The molecule has 0 bridgehead atoms. The van der Waals surface area contributed by atoms with Gasteiger partial charge in [-0.25, -0.2) is 9.97 Å². The van der Waals surface area contributed by atoms with Crippen molar-refractivity contribution in [2.75, 3.05) is 13.1 Å². The highest BCUT2D eigenvalue weighted by atomic mass is 32.1. The third kappa shape index (κ3) is 3.28. The van der Waals surface area contributed by atoms with Gasteiger partial charge in [0.05, 0.1) is 5.51 Å². The van der Waals surface area contributed by atoms with E-state index in [1.807, 2.05) is 11.7 Å². The molecule has 0 amide bonds. The van der Waals surface area contributed by atoms with E-state index >= 15 is 0 Å². The molecule has 0 aliphatic carbocycles. The zero-order chi connectivity index (χ0) is 19.1. The highest BCUT2D eigenvalue weighted by Crippen LogP contribution is 2.31. The Morgan fingerprint density at radius 1 is 1.07 bits per heavy atom. The first-order valence-corrected chi connectivity index (χ1v) is 10.9. The highest BCUT2D eigenvalue weighted by molar-refractivity contribution is 7.16. The van der Waals surface area contributed by atoms with Crippen LogP contribution < -0.4 is 0 Å². The quantitative estimate of drug-likeness (QED) is 0.550. The molecule has 1 N–H and O–H groups in total. The molecular formula is C20H19N5OS2. The summed E-state index contributed by atoms with van der Waals surface area (Å²) < 4.78 is 0. The lowest BCUT2D eigenvalue weighted by Gasteiger charge is -2.27. The van der Waals surface area contributed by atoms with Gasteiger partial charge in [-0.15, -0.1) is 16.4 Å². The maximum absolute atomic E-state index is 9.48. The van der Waals surface area contributed by atoms with Crippen molar-refractivity contribution < 1.29 is 5.11 Å². The molecule has 0 saturated heterocycles. The van der Waals surface area contributed by atoms with Crippen LogP contribution >= 0.6 is 22.7 Å². The molecule has 1 aromatic carbocycles. The molecule has 0 fully saturated rings. The van der Waals surface area contributed by atoms with Crippen molar-refractivity contribution in [1.82, 2.24) is 25.1 Å². The number of rotatable bonds is 3. The summed E-state index contributed by atoms with van der Waals surface area (Å²) in [6.07, 6.45) is 4.00. The summed E-state index contributed by atoms with van der Waals surface area (Å²) in [5, 5.41) is 18.0. The summed E-state index contributed by atoms with van der Waals surface area (Å²) in [7, 11) is 0. The van der Waals surface area contributed by atoms with E-state index in [-0.39, 0.29) is 5.19 Å². The Balaban J connectivity index is 1.36. The molecule has 0 spiro atoms.